The summed E-state index contributed by atoms with van der Waals surface area (Å²) in [5, 5.41) is 4.45. The lowest BCUT2D eigenvalue weighted by Gasteiger charge is -2.01. The number of halogens is 1. The first-order valence-corrected chi connectivity index (χ1v) is 6.07. The van der Waals surface area contributed by atoms with Crippen LogP contribution in [0, 0.1) is 0 Å². The quantitative estimate of drug-likeness (QED) is 0.838. The summed E-state index contributed by atoms with van der Waals surface area (Å²) in [7, 11) is 0. The monoisotopic (exact) mass is 271 g/mol. The highest BCUT2D eigenvalue weighted by Gasteiger charge is 2.06. The number of hydrogen-bond acceptors (Lipinski definition) is 5. The number of primary amides is 1. The molecule has 1 amide bonds. The van der Waals surface area contributed by atoms with Gasteiger partial charge in [0.05, 0.1) is 21.8 Å². The highest BCUT2D eigenvalue weighted by molar-refractivity contribution is 7.22. The fourth-order valence-corrected chi connectivity index (χ4v) is 2.48. The zero-order valence-corrected chi connectivity index (χ0v) is 10.3. The van der Waals surface area contributed by atoms with E-state index in [0.29, 0.717) is 11.6 Å². The Bertz CT molecular complexity index is 543. The molecule has 0 aliphatic rings. The van der Waals surface area contributed by atoms with E-state index in [2.05, 4.69) is 15.0 Å². The van der Waals surface area contributed by atoms with Crippen molar-refractivity contribution >= 4 is 44.4 Å². The second kappa shape index (κ2) is 5.20. The normalized spacial score (nSPS) is 10.4. The second-order valence-corrected chi connectivity index (χ2v) is 4.61. The maximum absolute atomic E-state index is 10.3. The molecular weight excluding hydrogens is 262 g/mol. The number of nitrogens with two attached hydrogens (primary N) is 1. The van der Waals surface area contributed by atoms with Crippen molar-refractivity contribution in [2.75, 3.05) is 18.5 Å². The van der Waals surface area contributed by atoms with Crippen molar-refractivity contribution in [1.82, 2.24) is 4.98 Å². The number of benzene rings is 1. The van der Waals surface area contributed by atoms with Crippen LogP contribution in [0.25, 0.3) is 10.2 Å². The summed E-state index contributed by atoms with van der Waals surface area (Å²) in [4.78, 5) is 14.7. The lowest BCUT2D eigenvalue weighted by atomic mass is 10.3. The highest BCUT2D eigenvalue weighted by Crippen LogP contribution is 2.31. The Kier molecular flexibility index (Phi) is 3.65. The van der Waals surface area contributed by atoms with Gasteiger partial charge < -0.3 is 15.8 Å². The molecule has 0 aliphatic carbocycles. The summed E-state index contributed by atoms with van der Waals surface area (Å²) in [6.07, 6.45) is -0.779. The minimum absolute atomic E-state index is 0.207. The van der Waals surface area contributed by atoms with Gasteiger partial charge in [0, 0.05) is 0 Å². The molecule has 0 aliphatic heterocycles. The maximum Gasteiger partial charge on any atom is 0.404 e. The van der Waals surface area contributed by atoms with Crippen LogP contribution in [0.15, 0.2) is 18.2 Å². The van der Waals surface area contributed by atoms with Crippen molar-refractivity contribution in [1.29, 1.82) is 0 Å². The highest BCUT2D eigenvalue weighted by atomic mass is 35.5. The van der Waals surface area contributed by atoms with Gasteiger partial charge in [0.15, 0.2) is 5.13 Å². The van der Waals surface area contributed by atoms with Gasteiger partial charge in [0.2, 0.25) is 0 Å². The van der Waals surface area contributed by atoms with Crippen LogP contribution in [-0.4, -0.2) is 24.2 Å². The number of ether oxygens (including phenoxy) is 1. The average molecular weight is 272 g/mol. The molecule has 3 N–H and O–H groups in total. The molecule has 0 bridgehead atoms. The zero-order valence-electron chi connectivity index (χ0n) is 8.77. The molecule has 0 saturated heterocycles. The van der Waals surface area contributed by atoms with Gasteiger partial charge in [-0.2, -0.15) is 0 Å². The molecule has 0 fully saturated rings. The van der Waals surface area contributed by atoms with Crippen LogP contribution in [-0.2, 0) is 4.74 Å². The topological polar surface area (TPSA) is 77.2 Å². The van der Waals surface area contributed by atoms with Crippen molar-refractivity contribution in [3.63, 3.8) is 0 Å². The third kappa shape index (κ3) is 2.98. The van der Waals surface area contributed by atoms with Crippen molar-refractivity contribution in [2.45, 2.75) is 0 Å². The molecule has 1 aromatic carbocycles. The van der Waals surface area contributed by atoms with Gasteiger partial charge in [-0.15, -0.1) is 0 Å². The number of anilines is 1. The van der Waals surface area contributed by atoms with Crippen LogP contribution in [0.2, 0.25) is 5.02 Å². The number of fused-ring (bicyclic) bond motifs is 1. The van der Waals surface area contributed by atoms with Gasteiger partial charge >= 0.3 is 6.09 Å². The van der Waals surface area contributed by atoms with Crippen LogP contribution in [0.3, 0.4) is 0 Å². The van der Waals surface area contributed by atoms with Crippen LogP contribution < -0.4 is 11.1 Å². The van der Waals surface area contributed by atoms with Gasteiger partial charge in [-0.3, -0.25) is 0 Å². The number of thiazole rings is 1. The summed E-state index contributed by atoms with van der Waals surface area (Å²) in [5.41, 5.74) is 5.68. The van der Waals surface area contributed by atoms with Gasteiger partial charge in [-0.1, -0.05) is 29.0 Å². The molecule has 1 heterocycles. The molecule has 90 valence electrons. The summed E-state index contributed by atoms with van der Waals surface area (Å²) in [6, 6.07) is 5.56. The lowest BCUT2D eigenvalue weighted by Crippen LogP contribution is -2.18. The molecule has 2 aromatic rings. The SMILES string of the molecule is NC(=O)OCCNc1nc2cccc(Cl)c2s1. The Labute approximate surface area is 107 Å². The van der Waals surface area contributed by atoms with E-state index in [9.17, 15) is 4.79 Å². The molecule has 0 spiro atoms. The largest absolute Gasteiger partial charge is 0.448 e. The van der Waals surface area contributed by atoms with Gasteiger partial charge in [0.25, 0.3) is 0 Å². The van der Waals surface area contributed by atoms with E-state index in [-0.39, 0.29) is 6.61 Å². The predicted octanol–water partition coefficient (Wildman–Crippen LogP) is 2.46. The number of nitrogens with one attached hydrogen (secondary N) is 1. The molecular formula is C10H10ClN3O2S. The van der Waals surface area contributed by atoms with Crippen molar-refractivity contribution < 1.29 is 9.53 Å². The molecule has 5 nitrogen and oxygen atoms in total. The number of aromatic nitrogens is 1. The number of carbonyl (C=O) groups excluding carboxylic acids is 1. The molecule has 0 radical (unpaired) electrons. The van der Waals surface area contributed by atoms with Crippen molar-refractivity contribution in [2.24, 2.45) is 5.73 Å². The average Bonchev–Trinajstić information content (AvgIpc) is 2.69. The van der Waals surface area contributed by atoms with Crippen LogP contribution in [0.4, 0.5) is 9.93 Å². The van der Waals surface area contributed by atoms with Crippen LogP contribution in [0.5, 0.6) is 0 Å². The zero-order chi connectivity index (χ0) is 12.3. The molecule has 7 heteroatoms. The predicted molar refractivity (Wildman–Crippen MR) is 68.7 cm³/mol. The first-order valence-electron chi connectivity index (χ1n) is 4.88. The summed E-state index contributed by atoms with van der Waals surface area (Å²) in [5.74, 6) is 0. The fraction of sp³-hybridized carbons (Fsp3) is 0.200. The molecule has 0 atom stereocenters. The number of carbonyl (C=O) groups is 1. The molecule has 0 unspecified atom stereocenters. The first kappa shape index (κ1) is 11.9. The third-order valence-electron chi connectivity index (χ3n) is 1.99. The van der Waals surface area contributed by atoms with E-state index in [0.717, 1.165) is 15.3 Å². The second-order valence-electron chi connectivity index (χ2n) is 3.20. The Morgan fingerprint density at radius 3 is 3.12 bits per heavy atom. The Morgan fingerprint density at radius 1 is 1.59 bits per heavy atom. The molecule has 0 saturated carbocycles. The molecule has 2 rings (SSSR count). The van der Waals surface area contributed by atoms with E-state index >= 15 is 0 Å². The number of rotatable bonds is 4. The number of nitrogens with zero attached hydrogens (tertiary/aromatic N) is 1. The number of amides is 1. The molecule has 1 aromatic heterocycles. The van der Waals surface area contributed by atoms with E-state index in [1.165, 1.54) is 11.3 Å². The van der Waals surface area contributed by atoms with Gasteiger partial charge in [-0.05, 0) is 12.1 Å². The Balaban J connectivity index is 2.00. The lowest BCUT2D eigenvalue weighted by molar-refractivity contribution is 0.161. The van der Waals surface area contributed by atoms with Crippen LogP contribution in [0.1, 0.15) is 0 Å². The summed E-state index contributed by atoms with van der Waals surface area (Å²) in [6.45, 7) is 0.666. The number of hydrogen-bond donors (Lipinski definition) is 2. The Morgan fingerprint density at radius 2 is 2.41 bits per heavy atom. The van der Waals surface area contributed by atoms with E-state index in [4.69, 9.17) is 17.3 Å². The standard InChI is InChI=1S/C10H10ClN3O2S/c11-6-2-1-3-7-8(6)17-10(14-7)13-4-5-16-9(12)15/h1-3H,4-5H2,(H2,12,15)(H,13,14). The Hall–Kier alpha value is -1.53. The minimum Gasteiger partial charge on any atom is -0.448 e. The summed E-state index contributed by atoms with van der Waals surface area (Å²) >= 11 is 7.49. The van der Waals surface area contributed by atoms with E-state index < -0.39 is 6.09 Å². The van der Waals surface area contributed by atoms with Gasteiger partial charge in [-0.25, -0.2) is 9.78 Å². The smallest absolute Gasteiger partial charge is 0.404 e. The van der Waals surface area contributed by atoms with Crippen molar-refractivity contribution in [3.05, 3.63) is 23.2 Å². The third-order valence-corrected chi connectivity index (χ3v) is 3.48. The van der Waals surface area contributed by atoms with E-state index in [1.54, 1.807) is 0 Å². The van der Waals surface area contributed by atoms with E-state index in [1.807, 2.05) is 18.2 Å². The minimum atomic E-state index is -0.779. The summed E-state index contributed by atoms with van der Waals surface area (Å²) < 4.78 is 5.53. The first-order chi connectivity index (χ1) is 8.16. The molecule has 17 heavy (non-hydrogen) atoms. The maximum atomic E-state index is 10.3. The van der Waals surface area contributed by atoms with Crippen LogP contribution >= 0.6 is 22.9 Å². The van der Waals surface area contributed by atoms with Crippen molar-refractivity contribution in [3.8, 4) is 0 Å². The fourth-order valence-electron chi connectivity index (χ4n) is 1.30. The van der Waals surface area contributed by atoms with Gasteiger partial charge in [0.1, 0.15) is 6.61 Å².